The van der Waals surface area contributed by atoms with Gasteiger partial charge in [-0.25, -0.2) is 9.78 Å². The number of carbonyl (C=O) groups is 2. The molecule has 4 aromatic rings. The Labute approximate surface area is 221 Å². The molecule has 0 saturated carbocycles. The number of nitrogens with zero attached hydrogens (tertiary/aromatic N) is 2. The Balaban J connectivity index is 1.43. The summed E-state index contributed by atoms with van der Waals surface area (Å²) < 4.78 is 11.8. The van der Waals surface area contributed by atoms with Crippen LogP contribution in [-0.4, -0.2) is 35.1 Å². The summed E-state index contributed by atoms with van der Waals surface area (Å²) >= 11 is 2.81. The van der Waals surface area contributed by atoms with E-state index in [1.807, 2.05) is 29.6 Å². The molecular weight excluding hydrogens is 510 g/mol. The van der Waals surface area contributed by atoms with Crippen LogP contribution in [0.2, 0.25) is 0 Å². The van der Waals surface area contributed by atoms with Crippen molar-refractivity contribution in [1.29, 1.82) is 0 Å². The zero-order valence-corrected chi connectivity index (χ0v) is 22.5. The molecule has 3 heterocycles. The second-order valence-electron chi connectivity index (χ2n) is 9.06. The fourth-order valence-corrected chi connectivity index (χ4v) is 6.96. The number of fused-ring (bicyclic) bond motifs is 2. The number of anilines is 1. The summed E-state index contributed by atoms with van der Waals surface area (Å²) in [6, 6.07) is 7.45. The molecule has 37 heavy (non-hydrogen) atoms. The maximum Gasteiger partial charge on any atom is 0.341 e. The molecule has 0 bridgehead atoms. The van der Waals surface area contributed by atoms with E-state index < -0.39 is 11.9 Å². The lowest BCUT2D eigenvalue weighted by atomic mass is 9.88. The molecule has 0 spiro atoms. The van der Waals surface area contributed by atoms with Gasteiger partial charge in [-0.2, -0.15) is 0 Å². The Morgan fingerprint density at radius 1 is 1.24 bits per heavy atom. The minimum atomic E-state index is -0.424. The van der Waals surface area contributed by atoms with Crippen molar-refractivity contribution < 1.29 is 19.1 Å². The van der Waals surface area contributed by atoms with E-state index >= 15 is 0 Å². The third kappa shape index (κ3) is 4.91. The zero-order chi connectivity index (χ0) is 26.1. The summed E-state index contributed by atoms with van der Waals surface area (Å²) in [5, 5.41) is 5.73. The number of nitrogens with one attached hydrogen (secondary N) is 1. The van der Waals surface area contributed by atoms with Gasteiger partial charge in [-0.1, -0.05) is 19.1 Å². The highest BCUT2D eigenvalue weighted by Gasteiger charge is 2.29. The minimum Gasteiger partial charge on any atom is -0.497 e. The van der Waals surface area contributed by atoms with Crippen LogP contribution in [0.25, 0.3) is 21.3 Å². The molecule has 1 atom stereocenters. The van der Waals surface area contributed by atoms with Gasteiger partial charge in [-0.3, -0.25) is 14.2 Å². The van der Waals surface area contributed by atoms with Gasteiger partial charge in [0.25, 0.3) is 5.56 Å². The number of thiophene rings is 2. The van der Waals surface area contributed by atoms with Crippen LogP contribution in [0, 0.1) is 5.92 Å². The summed E-state index contributed by atoms with van der Waals surface area (Å²) in [5.41, 5.74) is 2.75. The van der Waals surface area contributed by atoms with Gasteiger partial charge < -0.3 is 14.8 Å². The second kappa shape index (κ2) is 10.5. The van der Waals surface area contributed by atoms with Gasteiger partial charge in [0.1, 0.15) is 22.1 Å². The number of methoxy groups -OCH3 is 1. The molecule has 1 aliphatic rings. The van der Waals surface area contributed by atoms with E-state index in [-0.39, 0.29) is 18.7 Å². The van der Waals surface area contributed by atoms with Gasteiger partial charge in [-0.15, -0.1) is 22.7 Å². The third-order valence-corrected chi connectivity index (χ3v) is 8.58. The monoisotopic (exact) mass is 537 g/mol. The smallest absolute Gasteiger partial charge is 0.341 e. The number of aromatic nitrogens is 2. The summed E-state index contributed by atoms with van der Waals surface area (Å²) in [5.74, 6) is 0.420. The molecule has 1 N–H and O–H groups in total. The Morgan fingerprint density at radius 3 is 2.76 bits per heavy atom. The number of ether oxygens (including phenoxy) is 2. The lowest BCUT2D eigenvalue weighted by Gasteiger charge is -2.18. The number of esters is 1. The highest BCUT2D eigenvalue weighted by atomic mass is 32.1. The van der Waals surface area contributed by atoms with Crippen molar-refractivity contribution >= 4 is 49.8 Å². The van der Waals surface area contributed by atoms with Crippen molar-refractivity contribution in [2.24, 2.45) is 5.92 Å². The average molecular weight is 538 g/mol. The number of hydrogen-bond acceptors (Lipinski definition) is 8. The van der Waals surface area contributed by atoms with Crippen molar-refractivity contribution in [1.82, 2.24) is 9.55 Å². The van der Waals surface area contributed by atoms with E-state index in [4.69, 9.17) is 9.47 Å². The SMILES string of the molecule is CCOC(=O)c1c(NC(=O)Cn2cnc3scc(-c4ccc(OC)cc4)c3c2=O)sc2c1CCC(C)C2. The number of rotatable bonds is 7. The summed E-state index contributed by atoms with van der Waals surface area (Å²) in [6.07, 6.45) is 4.03. The van der Waals surface area contributed by atoms with E-state index in [9.17, 15) is 14.4 Å². The summed E-state index contributed by atoms with van der Waals surface area (Å²) in [6.45, 7) is 3.98. The quantitative estimate of drug-likeness (QED) is 0.328. The highest BCUT2D eigenvalue weighted by Crippen LogP contribution is 2.40. The standard InChI is InChI=1S/C27H27N3O5S2/c1-4-35-27(33)23-18-10-5-15(2)11-20(18)37-25(23)29-21(31)12-30-14-28-24-22(26(30)32)19(13-36-24)16-6-8-17(34-3)9-7-16/h6-9,13-15H,4-5,10-12H2,1-3H3,(H,29,31). The van der Waals surface area contributed by atoms with Gasteiger partial charge in [0, 0.05) is 15.8 Å². The molecule has 0 aliphatic heterocycles. The molecule has 192 valence electrons. The number of amides is 1. The average Bonchev–Trinajstić information content (AvgIpc) is 3.47. The number of hydrogen-bond donors (Lipinski definition) is 1. The molecular formula is C27H27N3O5S2. The van der Waals surface area contributed by atoms with Crippen molar-refractivity contribution in [3.05, 3.63) is 62.3 Å². The first-order valence-corrected chi connectivity index (χ1v) is 13.8. The Hall–Kier alpha value is -3.50. The molecule has 1 unspecified atom stereocenters. The summed E-state index contributed by atoms with van der Waals surface area (Å²) in [4.78, 5) is 45.4. The van der Waals surface area contributed by atoms with Gasteiger partial charge in [-0.05, 0) is 55.4 Å². The minimum absolute atomic E-state index is 0.221. The van der Waals surface area contributed by atoms with Gasteiger partial charge >= 0.3 is 5.97 Å². The normalized spacial score (nSPS) is 14.8. The zero-order valence-electron chi connectivity index (χ0n) is 20.8. The fraction of sp³-hybridized carbons (Fsp3) is 0.333. The molecule has 8 nitrogen and oxygen atoms in total. The maximum atomic E-state index is 13.4. The molecule has 0 saturated heterocycles. The first-order valence-electron chi connectivity index (χ1n) is 12.1. The molecule has 5 rings (SSSR count). The topological polar surface area (TPSA) is 99.5 Å². The van der Waals surface area contributed by atoms with Gasteiger partial charge in [0.15, 0.2) is 0 Å². The Morgan fingerprint density at radius 2 is 2.03 bits per heavy atom. The largest absolute Gasteiger partial charge is 0.497 e. The van der Waals surface area contributed by atoms with Crippen LogP contribution in [0.3, 0.4) is 0 Å². The highest BCUT2D eigenvalue weighted by molar-refractivity contribution is 7.17. The van der Waals surface area contributed by atoms with Crippen LogP contribution in [-0.2, 0) is 28.9 Å². The van der Waals surface area contributed by atoms with Crippen LogP contribution in [0.5, 0.6) is 5.75 Å². The number of benzene rings is 1. The summed E-state index contributed by atoms with van der Waals surface area (Å²) in [7, 11) is 1.60. The number of carbonyl (C=O) groups excluding carboxylic acids is 2. The lowest BCUT2D eigenvalue weighted by molar-refractivity contribution is -0.116. The van der Waals surface area contributed by atoms with Gasteiger partial charge in [0.2, 0.25) is 5.91 Å². The van der Waals surface area contributed by atoms with E-state index in [2.05, 4.69) is 17.2 Å². The molecule has 0 fully saturated rings. The van der Waals surface area contributed by atoms with Gasteiger partial charge in [0.05, 0.1) is 31.0 Å². The Bertz CT molecular complexity index is 1530. The third-order valence-electron chi connectivity index (χ3n) is 6.52. The van der Waals surface area contributed by atoms with Crippen molar-refractivity contribution in [3.63, 3.8) is 0 Å². The van der Waals surface area contributed by atoms with Crippen molar-refractivity contribution in [3.8, 4) is 16.9 Å². The molecule has 0 radical (unpaired) electrons. The molecule has 1 amide bonds. The molecule has 1 aliphatic carbocycles. The van der Waals surface area contributed by atoms with Crippen LogP contribution in [0.1, 0.15) is 41.1 Å². The first kappa shape index (κ1) is 25.2. The van der Waals surface area contributed by atoms with E-state index in [0.29, 0.717) is 26.7 Å². The maximum absolute atomic E-state index is 13.4. The molecule has 3 aromatic heterocycles. The van der Waals surface area contributed by atoms with Crippen LogP contribution in [0.15, 0.2) is 40.8 Å². The molecule has 10 heteroatoms. The van der Waals surface area contributed by atoms with E-state index in [0.717, 1.165) is 46.6 Å². The van der Waals surface area contributed by atoms with Crippen LogP contribution < -0.4 is 15.6 Å². The predicted octanol–water partition coefficient (Wildman–Crippen LogP) is 5.14. The lowest BCUT2D eigenvalue weighted by Crippen LogP contribution is -2.28. The van der Waals surface area contributed by atoms with Crippen molar-refractivity contribution in [2.75, 3.05) is 19.0 Å². The first-order chi connectivity index (χ1) is 17.9. The fourth-order valence-electron chi connectivity index (χ4n) is 4.64. The van der Waals surface area contributed by atoms with Crippen LogP contribution >= 0.6 is 22.7 Å². The predicted molar refractivity (Wildman–Crippen MR) is 146 cm³/mol. The van der Waals surface area contributed by atoms with E-state index in [1.54, 1.807) is 14.0 Å². The van der Waals surface area contributed by atoms with E-state index in [1.165, 1.54) is 33.6 Å². The molecule has 1 aromatic carbocycles. The Kier molecular flexibility index (Phi) is 7.12. The second-order valence-corrected chi connectivity index (χ2v) is 11.0. The van der Waals surface area contributed by atoms with Crippen LogP contribution in [0.4, 0.5) is 5.00 Å². The van der Waals surface area contributed by atoms with Crippen molar-refractivity contribution in [2.45, 2.75) is 39.7 Å².